The van der Waals surface area contributed by atoms with Crippen LogP contribution in [0.2, 0.25) is 5.02 Å². The third-order valence-corrected chi connectivity index (χ3v) is 3.97. The van der Waals surface area contributed by atoms with Crippen molar-refractivity contribution >= 4 is 17.3 Å². The summed E-state index contributed by atoms with van der Waals surface area (Å²) < 4.78 is 1.44. The Kier molecular flexibility index (Phi) is 5.05. The molecule has 2 heterocycles. The van der Waals surface area contributed by atoms with E-state index in [0.717, 1.165) is 25.9 Å². The molecule has 0 bridgehead atoms. The molecule has 0 radical (unpaired) electrons. The van der Waals surface area contributed by atoms with Crippen LogP contribution in [0.1, 0.15) is 26.7 Å². The second-order valence-corrected chi connectivity index (χ2v) is 6.35. The highest BCUT2D eigenvalue weighted by molar-refractivity contribution is 6.32. The lowest BCUT2D eigenvalue weighted by Crippen LogP contribution is -2.37. The lowest BCUT2D eigenvalue weighted by Gasteiger charge is -2.30. The summed E-state index contributed by atoms with van der Waals surface area (Å²) in [6.07, 6.45) is 3.79. The molecule has 1 saturated heterocycles. The van der Waals surface area contributed by atoms with Gasteiger partial charge in [-0.3, -0.25) is 4.79 Å². The van der Waals surface area contributed by atoms with E-state index in [9.17, 15) is 4.79 Å². The van der Waals surface area contributed by atoms with Gasteiger partial charge in [0.25, 0.3) is 5.56 Å². The summed E-state index contributed by atoms with van der Waals surface area (Å²) in [6, 6.07) is 0.367. The van der Waals surface area contributed by atoms with Crippen molar-refractivity contribution in [3.05, 3.63) is 21.6 Å². The van der Waals surface area contributed by atoms with E-state index in [4.69, 9.17) is 11.6 Å². The number of piperidine rings is 1. The van der Waals surface area contributed by atoms with Crippen LogP contribution in [0, 0.1) is 5.92 Å². The molecule has 112 valence electrons. The molecule has 6 heteroatoms. The minimum absolute atomic E-state index is 0.210. The number of nitrogens with one attached hydrogen (secondary N) is 1. The molecule has 5 nitrogen and oxygen atoms in total. The largest absolute Gasteiger partial charge is 0.380 e. The van der Waals surface area contributed by atoms with Crippen molar-refractivity contribution < 1.29 is 0 Å². The number of halogens is 1. The summed E-state index contributed by atoms with van der Waals surface area (Å²) in [6.45, 7) is 6.81. The van der Waals surface area contributed by atoms with Crippen LogP contribution in [0.4, 0.5) is 5.69 Å². The molecule has 1 fully saturated rings. The molecule has 0 amide bonds. The van der Waals surface area contributed by atoms with E-state index in [2.05, 4.69) is 22.4 Å². The lowest BCUT2D eigenvalue weighted by atomic mass is 10.1. The molecule has 0 unspecified atom stereocenters. The van der Waals surface area contributed by atoms with Gasteiger partial charge in [0.15, 0.2) is 0 Å². The fourth-order valence-electron chi connectivity index (χ4n) is 2.41. The zero-order valence-corrected chi connectivity index (χ0v) is 13.2. The van der Waals surface area contributed by atoms with Crippen LogP contribution in [0.25, 0.3) is 0 Å². The van der Waals surface area contributed by atoms with Crippen molar-refractivity contribution in [2.45, 2.75) is 39.3 Å². The average molecular weight is 299 g/mol. The molecule has 0 saturated carbocycles. The molecule has 0 spiro atoms. The van der Waals surface area contributed by atoms with Gasteiger partial charge in [-0.05, 0) is 38.9 Å². The predicted molar refractivity (Wildman–Crippen MR) is 82.5 cm³/mol. The van der Waals surface area contributed by atoms with Crippen LogP contribution in [0.5, 0.6) is 0 Å². The second kappa shape index (κ2) is 6.59. The van der Waals surface area contributed by atoms with Crippen molar-refractivity contribution in [2.24, 2.45) is 5.92 Å². The fraction of sp³-hybridized carbons (Fsp3) is 0.714. The zero-order chi connectivity index (χ0) is 14.7. The molecule has 0 atom stereocenters. The summed E-state index contributed by atoms with van der Waals surface area (Å²) in [5, 5.41) is 7.81. The highest BCUT2D eigenvalue weighted by Gasteiger charge is 2.18. The normalized spacial score (nSPS) is 17.6. The van der Waals surface area contributed by atoms with Crippen molar-refractivity contribution in [3.8, 4) is 0 Å². The summed E-state index contributed by atoms with van der Waals surface area (Å²) >= 11 is 6.18. The molecular formula is C14H23ClN4O. The van der Waals surface area contributed by atoms with Gasteiger partial charge in [0, 0.05) is 12.6 Å². The van der Waals surface area contributed by atoms with Gasteiger partial charge in [0.1, 0.15) is 5.02 Å². The van der Waals surface area contributed by atoms with Gasteiger partial charge < -0.3 is 10.2 Å². The Morgan fingerprint density at radius 3 is 2.70 bits per heavy atom. The fourth-order valence-corrected chi connectivity index (χ4v) is 2.62. The van der Waals surface area contributed by atoms with Gasteiger partial charge in [0.2, 0.25) is 0 Å². The van der Waals surface area contributed by atoms with Crippen LogP contribution >= 0.6 is 11.6 Å². The molecular weight excluding hydrogens is 276 g/mol. The van der Waals surface area contributed by atoms with Gasteiger partial charge >= 0.3 is 0 Å². The number of hydrogen-bond acceptors (Lipinski definition) is 4. The van der Waals surface area contributed by atoms with Gasteiger partial charge in [-0.1, -0.05) is 25.4 Å². The number of nitrogens with zero attached hydrogens (tertiary/aromatic N) is 3. The molecule has 1 N–H and O–H groups in total. The lowest BCUT2D eigenvalue weighted by molar-refractivity contribution is 0.264. The molecule has 1 aromatic rings. The summed E-state index contributed by atoms with van der Waals surface area (Å²) in [5.41, 5.74) is 0.449. The number of anilines is 1. The first kappa shape index (κ1) is 15.3. The predicted octanol–water partition coefficient (Wildman–Crippen LogP) is 2.06. The Labute approximate surface area is 124 Å². The first-order valence-electron chi connectivity index (χ1n) is 7.18. The topological polar surface area (TPSA) is 50.2 Å². The highest BCUT2D eigenvalue weighted by atomic mass is 35.5. The first-order valence-corrected chi connectivity index (χ1v) is 7.56. The summed E-state index contributed by atoms with van der Waals surface area (Å²) in [7, 11) is 2.12. The van der Waals surface area contributed by atoms with Crippen LogP contribution < -0.4 is 10.9 Å². The minimum atomic E-state index is -0.210. The minimum Gasteiger partial charge on any atom is -0.380 e. The van der Waals surface area contributed by atoms with E-state index in [-0.39, 0.29) is 10.6 Å². The third-order valence-electron chi connectivity index (χ3n) is 3.60. The maximum Gasteiger partial charge on any atom is 0.287 e. The standard InChI is InChI=1S/C14H23ClN4O/c1-10(2)9-19-14(20)13(15)12(8-16-19)17-11-4-6-18(3)7-5-11/h8,10-11,17H,4-7,9H2,1-3H3. The van der Waals surface area contributed by atoms with Crippen LogP contribution in [0.15, 0.2) is 11.0 Å². The van der Waals surface area contributed by atoms with Gasteiger partial charge in [-0.2, -0.15) is 5.10 Å². The Hall–Kier alpha value is -1.07. The first-order chi connectivity index (χ1) is 9.47. The third kappa shape index (κ3) is 3.73. The molecule has 1 aliphatic rings. The van der Waals surface area contributed by atoms with Crippen molar-refractivity contribution in [1.82, 2.24) is 14.7 Å². The Morgan fingerprint density at radius 1 is 1.45 bits per heavy atom. The monoisotopic (exact) mass is 298 g/mol. The van der Waals surface area contributed by atoms with Crippen molar-refractivity contribution in [2.75, 3.05) is 25.5 Å². The molecule has 0 aromatic carbocycles. The number of aromatic nitrogens is 2. The van der Waals surface area contributed by atoms with Crippen LogP contribution in [0.3, 0.4) is 0 Å². The maximum absolute atomic E-state index is 12.1. The van der Waals surface area contributed by atoms with Gasteiger partial charge in [0.05, 0.1) is 11.9 Å². The van der Waals surface area contributed by atoms with E-state index in [1.54, 1.807) is 6.20 Å². The van der Waals surface area contributed by atoms with Crippen LogP contribution in [-0.4, -0.2) is 40.9 Å². The Morgan fingerprint density at radius 2 is 2.10 bits per heavy atom. The van der Waals surface area contributed by atoms with Crippen molar-refractivity contribution in [1.29, 1.82) is 0 Å². The van der Waals surface area contributed by atoms with Gasteiger partial charge in [-0.15, -0.1) is 0 Å². The molecule has 1 aliphatic heterocycles. The second-order valence-electron chi connectivity index (χ2n) is 5.98. The SMILES string of the molecule is CC(C)Cn1ncc(NC2CCN(C)CC2)c(Cl)c1=O. The summed E-state index contributed by atoms with van der Waals surface area (Å²) in [4.78, 5) is 14.4. The number of hydrogen-bond donors (Lipinski definition) is 1. The molecule has 0 aliphatic carbocycles. The highest BCUT2D eigenvalue weighted by Crippen LogP contribution is 2.20. The van der Waals surface area contributed by atoms with E-state index in [0.29, 0.717) is 24.2 Å². The van der Waals surface area contributed by atoms with E-state index < -0.39 is 0 Å². The maximum atomic E-state index is 12.1. The molecule has 20 heavy (non-hydrogen) atoms. The number of likely N-dealkylation sites (tertiary alicyclic amines) is 1. The molecule has 2 rings (SSSR count). The molecule has 1 aromatic heterocycles. The smallest absolute Gasteiger partial charge is 0.287 e. The van der Waals surface area contributed by atoms with Crippen LogP contribution in [-0.2, 0) is 6.54 Å². The van der Waals surface area contributed by atoms with Crippen molar-refractivity contribution in [3.63, 3.8) is 0 Å². The Bertz CT molecular complexity index is 506. The van der Waals surface area contributed by atoms with E-state index in [1.807, 2.05) is 13.8 Å². The summed E-state index contributed by atoms with van der Waals surface area (Å²) in [5.74, 6) is 0.365. The van der Waals surface area contributed by atoms with Gasteiger partial charge in [-0.25, -0.2) is 4.68 Å². The van der Waals surface area contributed by atoms with E-state index >= 15 is 0 Å². The van der Waals surface area contributed by atoms with E-state index in [1.165, 1.54) is 4.68 Å². The average Bonchev–Trinajstić information content (AvgIpc) is 2.40. The number of rotatable bonds is 4. The quantitative estimate of drug-likeness (QED) is 0.924. The Balaban J connectivity index is 2.09. The zero-order valence-electron chi connectivity index (χ0n) is 12.4.